The van der Waals surface area contributed by atoms with Crippen LogP contribution >= 0.6 is 11.6 Å². The van der Waals surface area contributed by atoms with Crippen LogP contribution in [-0.2, 0) is 9.59 Å². The molecule has 0 N–H and O–H groups in total. The summed E-state index contributed by atoms with van der Waals surface area (Å²) in [5.74, 6) is -2.03. The summed E-state index contributed by atoms with van der Waals surface area (Å²) >= 11 is 5.25. The first-order chi connectivity index (χ1) is 6.93. The molecule has 0 bridgehead atoms. The van der Waals surface area contributed by atoms with E-state index in [-0.39, 0.29) is 12.4 Å². The second-order valence-corrected chi connectivity index (χ2v) is 3.46. The van der Waals surface area contributed by atoms with Crippen molar-refractivity contribution in [2.75, 3.05) is 12.4 Å². The van der Waals surface area contributed by atoms with Crippen molar-refractivity contribution in [3.63, 3.8) is 0 Å². The largest absolute Gasteiger partial charge is 0.328 e. The van der Waals surface area contributed by atoms with Crippen LogP contribution in [0.2, 0.25) is 0 Å². The Morgan fingerprint density at radius 2 is 1.93 bits per heavy atom. The lowest BCUT2D eigenvalue weighted by Gasteiger charge is -2.27. The van der Waals surface area contributed by atoms with Gasteiger partial charge in [0, 0.05) is 6.04 Å². The highest BCUT2D eigenvalue weighted by atomic mass is 35.5. The van der Waals surface area contributed by atoms with Crippen molar-refractivity contribution in [1.82, 2.24) is 4.90 Å². The van der Waals surface area contributed by atoms with Crippen LogP contribution < -0.4 is 0 Å². The molecule has 0 aromatic heterocycles. The molecule has 1 amide bonds. The van der Waals surface area contributed by atoms with Crippen LogP contribution in [0.4, 0.5) is 8.78 Å². The summed E-state index contributed by atoms with van der Waals surface area (Å²) in [4.78, 5) is 22.9. The minimum absolute atomic E-state index is 0.274. The third kappa shape index (κ3) is 4.55. The predicted molar refractivity (Wildman–Crippen MR) is 53.2 cm³/mol. The fourth-order valence-corrected chi connectivity index (χ4v) is 1.11. The number of alkyl halides is 3. The van der Waals surface area contributed by atoms with Crippen LogP contribution in [0, 0.1) is 0 Å². The van der Waals surface area contributed by atoms with Crippen LogP contribution in [0.25, 0.3) is 0 Å². The van der Waals surface area contributed by atoms with E-state index in [4.69, 9.17) is 11.6 Å². The number of halogens is 3. The highest BCUT2D eigenvalue weighted by molar-refractivity contribution is 6.28. The van der Waals surface area contributed by atoms with Crippen molar-refractivity contribution in [3.05, 3.63) is 0 Å². The molecule has 0 rings (SSSR count). The van der Waals surface area contributed by atoms with Gasteiger partial charge in [0.25, 0.3) is 5.91 Å². The van der Waals surface area contributed by atoms with E-state index >= 15 is 0 Å². The van der Waals surface area contributed by atoms with E-state index in [1.165, 1.54) is 0 Å². The highest BCUT2D eigenvalue weighted by Crippen LogP contribution is 2.09. The zero-order valence-electron chi connectivity index (χ0n) is 8.67. The Morgan fingerprint density at radius 3 is 2.27 bits per heavy atom. The van der Waals surface area contributed by atoms with Crippen molar-refractivity contribution < 1.29 is 18.4 Å². The first-order valence-corrected chi connectivity index (χ1v) is 5.13. The first-order valence-electron chi connectivity index (χ1n) is 4.60. The number of nitrogens with zero attached hydrogens (tertiary/aromatic N) is 1. The number of carbonyl (C=O) groups excluding carboxylic acids is 2. The molecule has 6 heteroatoms. The molecule has 0 aliphatic heterocycles. The van der Waals surface area contributed by atoms with Gasteiger partial charge in [0.15, 0.2) is 5.78 Å². The average Bonchev–Trinajstić information content (AvgIpc) is 2.23. The summed E-state index contributed by atoms with van der Waals surface area (Å²) in [6.45, 7) is 3.02. The van der Waals surface area contributed by atoms with E-state index in [1.807, 2.05) is 0 Å². The molecule has 0 aromatic carbocycles. The minimum Gasteiger partial charge on any atom is -0.328 e. The Bertz CT molecular complexity index is 236. The molecule has 0 saturated carbocycles. The van der Waals surface area contributed by atoms with Gasteiger partial charge in [0.1, 0.15) is 0 Å². The lowest BCUT2D eigenvalue weighted by Crippen LogP contribution is -2.45. The van der Waals surface area contributed by atoms with Gasteiger partial charge in [-0.1, -0.05) is 6.92 Å². The summed E-state index contributed by atoms with van der Waals surface area (Å²) < 4.78 is 24.4. The molecular formula is C9H14ClF2NO2. The molecule has 0 aliphatic carbocycles. The fourth-order valence-electron chi connectivity index (χ4n) is 1.03. The average molecular weight is 242 g/mol. The van der Waals surface area contributed by atoms with Crippen molar-refractivity contribution in [2.24, 2.45) is 0 Å². The Labute approximate surface area is 92.4 Å². The molecule has 0 saturated heterocycles. The zero-order chi connectivity index (χ0) is 12.0. The van der Waals surface area contributed by atoms with Gasteiger partial charge in [-0.3, -0.25) is 9.59 Å². The van der Waals surface area contributed by atoms with Crippen molar-refractivity contribution in [1.29, 1.82) is 0 Å². The molecule has 0 spiro atoms. The van der Waals surface area contributed by atoms with Crippen LogP contribution in [0.5, 0.6) is 0 Å². The topological polar surface area (TPSA) is 37.4 Å². The first kappa shape index (κ1) is 14.3. The maximum atomic E-state index is 12.2. The second kappa shape index (κ2) is 6.71. The zero-order valence-corrected chi connectivity index (χ0v) is 9.43. The van der Waals surface area contributed by atoms with Gasteiger partial charge >= 0.3 is 6.43 Å². The standard InChI is InChI=1S/C9H14ClF2NO2/c1-3-6(2)13(5-7(14)4-10)9(15)8(11)12/h6,8H,3-5H2,1-2H3. The van der Waals surface area contributed by atoms with Gasteiger partial charge in [-0.05, 0) is 13.3 Å². The molecule has 1 atom stereocenters. The summed E-state index contributed by atoms with van der Waals surface area (Å²) in [5, 5.41) is 0. The number of carbonyl (C=O) groups is 2. The molecule has 0 aromatic rings. The molecule has 0 radical (unpaired) electrons. The number of hydrogen-bond acceptors (Lipinski definition) is 2. The predicted octanol–water partition coefficient (Wildman–Crippen LogP) is 1.69. The van der Waals surface area contributed by atoms with E-state index in [9.17, 15) is 18.4 Å². The summed E-state index contributed by atoms with van der Waals surface area (Å²) in [5.41, 5.74) is 0. The Hall–Kier alpha value is -0.710. The molecule has 0 aliphatic rings. The Morgan fingerprint density at radius 1 is 1.40 bits per heavy atom. The van der Waals surface area contributed by atoms with E-state index < -0.39 is 24.2 Å². The monoisotopic (exact) mass is 241 g/mol. The van der Waals surface area contributed by atoms with Crippen molar-refractivity contribution >= 4 is 23.3 Å². The minimum atomic E-state index is -3.08. The molecule has 3 nitrogen and oxygen atoms in total. The van der Waals surface area contributed by atoms with Crippen LogP contribution in [0.3, 0.4) is 0 Å². The van der Waals surface area contributed by atoms with Crippen LogP contribution in [0.15, 0.2) is 0 Å². The number of amides is 1. The van der Waals surface area contributed by atoms with Crippen LogP contribution in [0.1, 0.15) is 20.3 Å². The van der Waals surface area contributed by atoms with Gasteiger partial charge in [-0.2, -0.15) is 8.78 Å². The molecule has 88 valence electrons. The lowest BCUT2D eigenvalue weighted by atomic mass is 10.2. The van der Waals surface area contributed by atoms with E-state index in [0.29, 0.717) is 6.42 Å². The normalized spacial score (nSPS) is 12.7. The van der Waals surface area contributed by atoms with E-state index in [1.54, 1.807) is 13.8 Å². The van der Waals surface area contributed by atoms with Gasteiger partial charge in [0.05, 0.1) is 12.4 Å². The fraction of sp³-hybridized carbons (Fsp3) is 0.778. The lowest BCUT2D eigenvalue weighted by molar-refractivity contribution is -0.147. The quantitative estimate of drug-likeness (QED) is 0.664. The number of ketones is 1. The summed E-state index contributed by atoms with van der Waals surface area (Å²) in [6.07, 6.45) is -2.57. The third-order valence-corrected chi connectivity index (χ3v) is 2.39. The molecule has 0 fully saturated rings. The second-order valence-electron chi connectivity index (χ2n) is 3.20. The van der Waals surface area contributed by atoms with Gasteiger partial charge < -0.3 is 4.90 Å². The number of hydrogen-bond donors (Lipinski definition) is 0. The van der Waals surface area contributed by atoms with Crippen LogP contribution in [-0.4, -0.2) is 41.5 Å². The van der Waals surface area contributed by atoms with E-state index in [0.717, 1.165) is 4.90 Å². The highest BCUT2D eigenvalue weighted by Gasteiger charge is 2.27. The number of rotatable bonds is 6. The molecule has 0 heterocycles. The number of Topliss-reactive ketones (excluding diaryl/α,β-unsaturated/α-hetero) is 1. The molecule has 1 unspecified atom stereocenters. The van der Waals surface area contributed by atoms with Crippen molar-refractivity contribution in [3.8, 4) is 0 Å². The Balaban J connectivity index is 4.58. The SMILES string of the molecule is CCC(C)N(CC(=O)CCl)C(=O)C(F)F. The smallest absolute Gasteiger partial charge is 0.315 e. The van der Waals surface area contributed by atoms with Gasteiger partial charge in [0.2, 0.25) is 0 Å². The Kier molecular flexibility index (Phi) is 6.40. The third-order valence-electron chi connectivity index (χ3n) is 2.09. The van der Waals surface area contributed by atoms with Crippen molar-refractivity contribution in [2.45, 2.75) is 32.7 Å². The van der Waals surface area contributed by atoms with Gasteiger partial charge in [-0.25, -0.2) is 0 Å². The summed E-state index contributed by atoms with van der Waals surface area (Å²) in [6, 6.07) is -0.390. The summed E-state index contributed by atoms with van der Waals surface area (Å²) in [7, 11) is 0. The van der Waals surface area contributed by atoms with Gasteiger partial charge in [-0.15, -0.1) is 11.6 Å². The van der Waals surface area contributed by atoms with E-state index in [2.05, 4.69) is 0 Å². The molecular weight excluding hydrogens is 228 g/mol. The maximum Gasteiger partial charge on any atom is 0.315 e. The maximum absolute atomic E-state index is 12.2. The molecule has 15 heavy (non-hydrogen) atoms.